The summed E-state index contributed by atoms with van der Waals surface area (Å²) in [6.45, 7) is 5.62. The molecule has 0 bridgehead atoms. The van der Waals surface area contributed by atoms with E-state index in [4.69, 9.17) is 9.84 Å². The maximum atomic E-state index is 11.7. The van der Waals surface area contributed by atoms with Crippen LogP contribution in [0.25, 0.3) is 0 Å². The van der Waals surface area contributed by atoms with Crippen molar-refractivity contribution < 1.29 is 14.6 Å². The molecule has 1 aromatic rings. The van der Waals surface area contributed by atoms with Crippen LogP contribution in [0.1, 0.15) is 37.9 Å². The number of nitrogens with one attached hydrogen (secondary N) is 1. The number of rotatable bonds is 5. The van der Waals surface area contributed by atoms with Gasteiger partial charge >= 0.3 is 0 Å². The summed E-state index contributed by atoms with van der Waals surface area (Å²) < 4.78 is 5.25. The van der Waals surface area contributed by atoms with Crippen molar-refractivity contribution in [3.63, 3.8) is 0 Å². The van der Waals surface area contributed by atoms with E-state index in [-0.39, 0.29) is 31.3 Å². The number of carbonyl (C=O) groups excluding carboxylic acids is 1. The second kappa shape index (κ2) is 8.36. The molecule has 0 saturated heterocycles. The Morgan fingerprint density at radius 3 is 2.50 bits per heavy atom. The molecule has 0 spiro atoms. The van der Waals surface area contributed by atoms with Gasteiger partial charge < -0.3 is 15.2 Å². The lowest BCUT2D eigenvalue weighted by Gasteiger charge is -2.15. The van der Waals surface area contributed by atoms with Crippen molar-refractivity contribution in [3.8, 4) is 11.8 Å². The third-order valence-electron chi connectivity index (χ3n) is 2.65. The fraction of sp³-hybridized carbons (Fsp3) is 0.438. The van der Waals surface area contributed by atoms with Crippen LogP contribution in [-0.2, 0) is 9.53 Å². The van der Waals surface area contributed by atoms with Crippen molar-refractivity contribution in [2.24, 2.45) is 0 Å². The lowest BCUT2D eigenvalue weighted by atomic mass is 10.1. The number of hydrogen-bond donors (Lipinski definition) is 2. The average molecular weight is 275 g/mol. The van der Waals surface area contributed by atoms with Gasteiger partial charge in [-0.1, -0.05) is 24.0 Å². The quantitative estimate of drug-likeness (QED) is 0.803. The third kappa shape index (κ3) is 5.87. The molecule has 0 aliphatic rings. The van der Waals surface area contributed by atoms with E-state index >= 15 is 0 Å². The van der Waals surface area contributed by atoms with Crippen molar-refractivity contribution in [1.29, 1.82) is 0 Å². The highest BCUT2D eigenvalue weighted by Gasteiger charge is 2.10. The molecule has 4 heteroatoms. The Balaban J connectivity index is 2.55. The first-order valence-corrected chi connectivity index (χ1v) is 6.63. The predicted molar refractivity (Wildman–Crippen MR) is 78.1 cm³/mol. The molecular formula is C16H21NO3. The lowest BCUT2D eigenvalue weighted by Crippen LogP contribution is -2.31. The second-order valence-electron chi connectivity index (χ2n) is 4.73. The minimum atomic E-state index is -0.149. The van der Waals surface area contributed by atoms with Crippen LogP contribution in [0.4, 0.5) is 0 Å². The van der Waals surface area contributed by atoms with Gasteiger partial charge in [-0.05, 0) is 38.5 Å². The first-order valence-electron chi connectivity index (χ1n) is 6.63. The zero-order chi connectivity index (χ0) is 15.0. The standard InChI is InChI=1S/C16H21NO3/c1-12(2)20-11-16(19)17-13(3)15-8-6-14(7-9-15)5-4-10-18/h6-9,12-13,18H,10-11H2,1-3H3,(H,17,19). The highest BCUT2D eigenvalue weighted by atomic mass is 16.5. The van der Waals surface area contributed by atoms with Gasteiger partial charge in [0.2, 0.25) is 5.91 Å². The van der Waals surface area contributed by atoms with Crippen molar-refractivity contribution in [1.82, 2.24) is 5.32 Å². The lowest BCUT2D eigenvalue weighted by molar-refractivity contribution is -0.127. The molecule has 2 N–H and O–H groups in total. The molecule has 20 heavy (non-hydrogen) atoms. The number of benzene rings is 1. The highest BCUT2D eigenvalue weighted by Crippen LogP contribution is 2.13. The molecule has 0 aliphatic heterocycles. The molecule has 0 fully saturated rings. The molecule has 1 rings (SSSR count). The Labute approximate surface area is 120 Å². The second-order valence-corrected chi connectivity index (χ2v) is 4.73. The van der Waals surface area contributed by atoms with Crippen molar-refractivity contribution >= 4 is 5.91 Å². The van der Waals surface area contributed by atoms with Gasteiger partial charge in [0.1, 0.15) is 13.2 Å². The molecule has 0 radical (unpaired) electrons. The molecule has 108 valence electrons. The molecule has 0 aliphatic carbocycles. The number of carbonyl (C=O) groups is 1. The van der Waals surface area contributed by atoms with Gasteiger partial charge in [0.15, 0.2) is 0 Å². The molecule has 1 amide bonds. The van der Waals surface area contributed by atoms with E-state index < -0.39 is 0 Å². The Kier molecular flexibility index (Phi) is 6.78. The maximum Gasteiger partial charge on any atom is 0.246 e. The van der Waals surface area contributed by atoms with Crippen molar-refractivity contribution in [3.05, 3.63) is 35.4 Å². The largest absolute Gasteiger partial charge is 0.384 e. The van der Waals surface area contributed by atoms with Crippen LogP contribution in [0, 0.1) is 11.8 Å². The van der Waals surface area contributed by atoms with E-state index in [0.29, 0.717) is 0 Å². The summed E-state index contributed by atoms with van der Waals surface area (Å²) in [4.78, 5) is 11.7. The molecule has 0 aromatic heterocycles. The van der Waals surface area contributed by atoms with Gasteiger partial charge in [-0.15, -0.1) is 0 Å². The van der Waals surface area contributed by atoms with Gasteiger partial charge in [-0.25, -0.2) is 0 Å². The molecule has 1 atom stereocenters. The number of ether oxygens (including phenoxy) is 1. The fourth-order valence-corrected chi connectivity index (χ4v) is 1.61. The van der Waals surface area contributed by atoms with Crippen LogP contribution in [0.5, 0.6) is 0 Å². The van der Waals surface area contributed by atoms with Gasteiger partial charge in [0, 0.05) is 5.56 Å². The molecular weight excluding hydrogens is 254 g/mol. The molecule has 1 aromatic carbocycles. The zero-order valence-corrected chi connectivity index (χ0v) is 12.1. The SMILES string of the molecule is CC(C)OCC(=O)NC(C)c1ccc(C#CCO)cc1. The number of amides is 1. The van der Waals surface area contributed by atoms with E-state index in [0.717, 1.165) is 11.1 Å². The van der Waals surface area contributed by atoms with E-state index in [1.165, 1.54) is 0 Å². The molecule has 0 heterocycles. The van der Waals surface area contributed by atoms with Crippen molar-refractivity contribution in [2.75, 3.05) is 13.2 Å². The zero-order valence-electron chi connectivity index (χ0n) is 12.1. The molecule has 1 unspecified atom stereocenters. The topological polar surface area (TPSA) is 58.6 Å². The van der Waals surface area contributed by atoms with Gasteiger partial charge in [-0.3, -0.25) is 4.79 Å². The normalized spacial score (nSPS) is 11.7. The number of aliphatic hydroxyl groups is 1. The van der Waals surface area contributed by atoms with Crippen molar-refractivity contribution in [2.45, 2.75) is 32.9 Å². The van der Waals surface area contributed by atoms with E-state index in [1.807, 2.05) is 45.0 Å². The van der Waals surface area contributed by atoms with Gasteiger partial charge in [0.25, 0.3) is 0 Å². The predicted octanol–water partition coefficient (Wildman–Crippen LogP) is 1.63. The molecule has 0 saturated carbocycles. The maximum absolute atomic E-state index is 11.7. The first kappa shape index (κ1) is 16.2. The Hall–Kier alpha value is -1.83. The fourth-order valence-electron chi connectivity index (χ4n) is 1.61. The summed E-state index contributed by atoms with van der Waals surface area (Å²) in [6.07, 6.45) is 0.0421. The first-order chi connectivity index (χ1) is 9.52. The van der Waals surface area contributed by atoms with E-state index in [2.05, 4.69) is 17.2 Å². The minimum Gasteiger partial charge on any atom is -0.384 e. The summed E-state index contributed by atoms with van der Waals surface area (Å²) in [7, 11) is 0. The summed E-state index contributed by atoms with van der Waals surface area (Å²) >= 11 is 0. The van der Waals surface area contributed by atoms with Crippen LogP contribution >= 0.6 is 0 Å². The Morgan fingerprint density at radius 1 is 1.30 bits per heavy atom. The summed E-state index contributed by atoms with van der Waals surface area (Å²) in [5.74, 6) is 5.29. The minimum absolute atomic E-state index is 0.0421. The van der Waals surface area contributed by atoms with Crippen LogP contribution in [0.2, 0.25) is 0 Å². The van der Waals surface area contributed by atoms with Crippen LogP contribution in [0.15, 0.2) is 24.3 Å². The summed E-state index contributed by atoms with van der Waals surface area (Å²) in [6, 6.07) is 7.47. The highest BCUT2D eigenvalue weighted by molar-refractivity contribution is 5.77. The van der Waals surface area contributed by atoms with E-state index in [1.54, 1.807) is 0 Å². The van der Waals surface area contributed by atoms with E-state index in [9.17, 15) is 4.79 Å². The van der Waals surface area contributed by atoms with Crippen LogP contribution in [0.3, 0.4) is 0 Å². The van der Waals surface area contributed by atoms with Crippen LogP contribution in [-0.4, -0.2) is 30.3 Å². The Morgan fingerprint density at radius 2 is 1.95 bits per heavy atom. The summed E-state index contributed by atoms with van der Waals surface area (Å²) in [5.41, 5.74) is 1.84. The number of aliphatic hydroxyl groups excluding tert-OH is 1. The van der Waals surface area contributed by atoms with Gasteiger partial charge in [-0.2, -0.15) is 0 Å². The number of hydrogen-bond acceptors (Lipinski definition) is 3. The third-order valence-corrected chi connectivity index (χ3v) is 2.65. The average Bonchev–Trinajstić information content (AvgIpc) is 2.43. The molecule has 4 nitrogen and oxygen atoms in total. The van der Waals surface area contributed by atoms with Crippen LogP contribution < -0.4 is 5.32 Å². The Bertz CT molecular complexity index is 483. The smallest absolute Gasteiger partial charge is 0.246 e. The summed E-state index contributed by atoms with van der Waals surface area (Å²) in [5, 5.41) is 11.5. The monoisotopic (exact) mass is 275 g/mol. The van der Waals surface area contributed by atoms with Gasteiger partial charge in [0.05, 0.1) is 12.1 Å².